The molecule has 0 aliphatic rings. The molecule has 27 heavy (non-hydrogen) atoms. The van der Waals surface area contributed by atoms with Crippen LogP contribution in [0.25, 0.3) is 10.8 Å². The van der Waals surface area contributed by atoms with E-state index in [9.17, 15) is 14.9 Å². The molecule has 0 saturated heterocycles. The van der Waals surface area contributed by atoms with E-state index in [0.29, 0.717) is 11.5 Å². The van der Waals surface area contributed by atoms with Crippen LogP contribution in [0, 0.1) is 10.1 Å². The molecule has 1 N–H and O–H groups in total. The number of non-ortho nitro benzene ring substituents is 1. The van der Waals surface area contributed by atoms with Crippen LogP contribution in [0.1, 0.15) is 6.92 Å². The number of nitro benzene ring substituents is 1. The van der Waals surface area contributed by atoms with Gasteiger partial charge in [0.05, 0.1) is 17.7 Å². The highest BCUT2D eigenvalue weighted by Gasteiger charge is 2.19. The maximum atomic E-state index is 12.5. The fraction of sp³-hybridized carbons (Fsp3) is 0.150. The lowest BCUT2D eigenvalue weighted by atomic mass is 10.1. The van der Waals surface area contributed by atoms with Gasteiger partial charge in [0.2, 0.25) is 0 Å². The number of nitrogens with one attached hydrogen (secondary N) is 1. The Morgan fingerprint density at radius 3 is 2.52 bits per heavy atom. The quantitative estimate of drug-likeness (QED) is 0.522. The Morgan fingerprint density at radius 2 is 1.81 bits per heavy atom. The third kappa shape index (κ3) is 4.14. The Balaban J connectivity index is 1.75. The summed E-state index contributed by atoms with van der Waals surface area (Å²) in [6.45, 7) is 1.61. The first kappa shape index (κ1) is 18.2. The molecule has 3 aromatic rings. The van der Waals surface area contributed by atoms with E-state index in [1.807, 2.05) is 36.4 Å². The molecule has 0 bridgehead atoms. The van der Waals surface area contributed by atoms with Crippen molar-refractivity contribution in [2.45, 2.75) is 13.0 Å². The van der Waals surface area contributed by atoms with Gasteiger partial charge in [0.1, 0.15) is 11.5 Å². The number of amides is 1. The topological polar surface area (TPSA) is 90.7 Å². The number of methoxy groups -OCH3 is 1. The predicted molar refractivity (Wildman–Crippen MR) is 102 cm³/mol. The number of hydrogen-bond donors (Lipinski definition) is 1. The van der Waals surface area contributed by atoms with Crippen LogP contribution in [0.5, 0.6) is 11.5 Å². The number of hydrogen-bond acceptors (Lipinski definition) is 5. The lowest BCUT2D eigenvalue weighted by molar-refractivity contribution is -0.384. The average molecular weight is 366 g/mol. The van der Waals surface area contributed by atoms with Crippen molar-refractivity contribution < 1.29 is 19.2 Å². The zero-order chi connectivity index (χ0) is 19.4. The third-order valence-electron chi connectivity index (χ3n) is 4.05. The molecule has 138 valence electrons. The second-order valence-electron chi connectivity index (χ2n) is 5.90. The summed E-state index contributed by atoms with van der Waals surface area (Å²) < 4.78 is 10.9. The van der Waals surface area contributed by atoms with Crippen LogP contribution in [-0.4, -0.2) is 24.0 Å². The number of benzene rings is 3. The van der Waals surface area contributed by atoms with Crippen molar-refractivity contribution in [1.82, 2.24) is 0 Å². The predicted octanol–water partition coefficient (Wildman–Crippen LogP) is 4.16. The molecule has 3 rings (SSSR count). The van der Waals surface area contributed by atoms with Crippen LogP contribution in [0.3, 0.4) is 0 Å². The van der Waals surface area contributed by atoms with Gasteiger partial charge < -0.3 is 14.8 Å². The summed E-state index contributed by atoms with van der Waals surface area (Å²) >= 11 is 0. The normalized spacial score (nSPS) is 11.6. The maximum absolute atomic E-state index is 12.5. The van der Waals surface area contributed by atoms with Gasteiger partial charge in [-0.1, -0.05) is 30.3 Å². The fourth-order valence-electron chi connectivity index (χ4n) is 2.64. The van der Waals surface area contributed by atoms with Crippen molar-refractivity contribution in [2.75, 3.05) is 12.4 Å². The molecule has 1 amide bonds. The van der Waals surface area contributed by atoms with Gasteiger partial charge in [-0.05, 0) is 35.9 Å². The Hall–Kier alpha value is -3.61. The van der Waals surface area contributed by atoms with Crippen molar-refractivity contribution in [1.29, 1.82) is 0 Å². The molecule has 3 aromatic carbocycles. The summed E-state index contributed by atoms with van der Waals surface area (Å²) in [6, 6.07) is 17.4. The standard InChI is InChI=1S/C20H18N2O5/c1-13(27-17-9-7-14-5-3-4-6-15(14)11-17)20(23)21-18-12-16(22(24)25)8-10-19(18)26-2/h3-13H,1-2H3,(H,21,23)/t13-/m0/s1. The van der Waals surface area contributed by atoms with Crippen LogP contribution in [0.4, 0.5) is 11.4 Å². The lowest BCUT2D eigenvalue weighted by Gasteiger charge is -2.16. The number of nitrogens with zero attached hydrogens (tertiary/aromatic N) is 1. The van der Waals surface area contributed by atoms with Gasteiger partial charge in [0.15, 0.2) is 6.10 Å². The first-order valence-electron chi connectivity index (χ1n) is 8.26. The molecule has 0 heterocycles. The van der Waals surface area contributed by atoms with Gasteiger partial charge in [0.25, 0.3) is 11.6 Å². The Labute approximate surface area is 155 Å². The summed E-state index contributed by atoms with van der Waals surface area (Å²) in [5.41, 5.74) is 0.0693. The molecule has 0 radical (unpaired) electrons. The number of rotatable bonds is 6. The molecule has 0 saturated carbocycles. The number of nitro groups is 1. The first-order valence-corrected chi connectivity index (χ1v) is 8.26. The molecule has 7 heteroatoms. The minimum absolute atomic E-state index is 0.144. The van der Waals surface area contributed by atoms with Crippen molar-refractivity contribution in [3.8, 4) is 11.5 Å². The molecule has 0 aromatic heterocycles. The largest absolute Gasteiger partial charge is 0.495 e. The van der Waals surface area contributed by atoms with E-state index in [4.69, 9.17) is 9.47 Å². The van der Waals surface area contributed by atoms with E-state index in [0.717, 1.165) is 10.8 Å². The SMILES string of the molecule is COc1ccc([N+](=O)[O-])cc1NC(=O)[C@H](C)Oc1ccc2ccccc2c1. The molecule has 0 spiro atoms. The molecule has 0 aliphatic carbocycles. The van der Waals surface area contributed by atoms with Gasteiger partial charge in [-0.2, -0.15) is 0 Å². The summed E-state index contributed by atoms with van der Waals surface area (Å²) in [5, 5.41) is 15.6. The molecule has 0 fully saturated rings. The van der Waals surface area contributed by atoms with Crippen molar-refractivity contribution in [3.05, 3.63) is 70.8 Å². The number of fused-ring (bicyclic) bond motifs is 1. The van der Waals surface area contributed by atoms with E-state index in [-0.39, 0.29) is 11.4 Å². The smallest absolute Gasteiger partial charge is 0.271 e. The van der Waals surface area contributed by atoms with Crippen molar-refractivity contribution in [3.63, 3.8) is 0 Å². The molecule has 0 aliphatic heterocycles. The van der Waals surface area contributed by atoms with Gasteiger partial charge in [-0.15, -0.1) is 0 Å². The Morgan fingerprint density at radius 1 is 1.07 bits per heavy atom. The summed E-state index contributed by atoms with van der Waals surface area (Å²) in [4.78, 5) is 22.9. The Bertz CT molecular complexity index is 1000. The van der Waals surface area contributed by atoms with Crippen LogP contribution in [-0.2, 0) is 4.79 Å². The fourth-order valence-corrected chi connectivity index (χ4v) is 2.64. The number of anilines is 1. The zero-order valence-electron chi connectivity index (χ0n) is 14.8. The van der Waals surface area contributed by atoms with E-state index in [2.05, 4.69) is 5.32 Å². The first-order chi connectivity index (χ1) is 13.0. The van der Waals surface area contributed by atoms with Gasteiger partial charge >= 0.3 is 0 Å². The highest BCUT2D eigenvalue weighted by atomic mass is 16.6. The second kappa shape index (κ2) is 7.74. The average Bonchev–Trinajstić information content (AvgIpc) is 2.67. The van der Waals surface area contributed by atoms with E-state index >= 15 is 0 Å². The Kier molecular flexibility index (Phi) is 5.21. The van der Waals surface area contributed by atoms with Crippen LogP contribution < -0.4 is 14.8 Å². The molecular formula is C20H18N2O5. The van der Waals surface area contributed by atoms with Gasteiger partial charge in [-0.3, -0.25) is 14.9 Å². The highest BCUT2D eigenvalue weighted by Crippen LogP contribution is 2.29. The van der Waals surface area contributed by atoms with E-state index < -0.39 is 16.9 Å². The molecule has 0 unspecified atom stereocenters. The summed E-state index contributed by atoms with van der Waals surface area (Å²) in [7, 11) is 1.42. The number of ether oxygens (including phenoxy) is 2. The maximum Gasteiger partial charge on any atom is 0.271 e. The number of carbonyl (C=O) groups excluding carboxylic acids is 1. The minimum atomic E-state index is -0.810. The van der Waals surface area contributed by atoms with Gasteiger partial charge in [0, 0.05) is 12.1 Å². The van der Waals surface area contributed by atoms with Gasteiger partial charge in [-0.25, -0.2) is 0 Å². The molecule has 7 nitrogen and oxygen atoms in total. The third-order valence-corrected chi connectivity index (χ3v) is 4.05. The zero-order valence-corrected chi connectivity index (χ0v) is 14.8. The van der Waals surface area contributed by atoms with E-state index in [1.54, 1.807) is 13.0 Å². The van der Waals surface area contributed by atoms with Crippen LogP contribution >= 0.6 is 0 Å². The lowest BCUT2D eigenvalue weighted by Crippen LogP contribution is -2.30. The van der Waals surface area contributed by atoms with E-state index in [1.165, 1.54) is 25.3 Å². The number of carbonyl (C=O) groups is 1. The highest BCUT2D eigenvalue weighted by molar-refractivity contribution is 5.96. The molecule has 1 atom stereocenters. The monoisotopic (exact) mass is 366 g/mol. The summed E-state index contributed by atoms with van der Waals surface area (Å²) in [5.74, 6) is 0.441. The van der Waals surface area contributed by atoms with Crippen molar-refractivity contribution >= 4 is 28.1 Å². The molecular weight excluding hydrogens is 348 g/mol. The van der Waals surface area contributed by atoms with Crippen LogP contribution in [0.15, 0.2) is 60.7 Å². The van der Waals surface area contributed by atoms with Crippen molar-refractivity contribution in [2.24, 2.45) is 0 Å². The summed E-state index contributed by atoms with van der Waals surface area (Å²) in [6.07, 6.45) is -0.810. The minimum Gasteiger partial charge on any atom is -0.495 e. The van der Waals surface area contributed by atoms with Crippen LogP contribution in [0.2, 0.25) is 0 Å². The second-order valence-corrected chi connectivity index (χ2v) is 5.90.